The van der Waals surface area contributed by atoms with Gasteiger partial charge in [0.1, 0.15) is 0 Å². The number of unbranched alkanes of at least 4 members (excludes halogenated alkanes) is 12. The third-order valence-corrected chi connectivity index (χ3v) is 6.99. The first kappa shape index (κ1) is 33.2. The minimum atomic E-state index is -2.15. The van der Waals surface area contributed by atoms with E-state index in [1.165, 1.54) is 51.1 Å². The van der Waals surface area contributed by atoms with Crippen molar-refractivity contribution in [3.8, 4) is 0 Å². The molecule has 0 radical (unpaired) electrons. The lowest BCUT2D eigenvalue weighted by Crippen LogP contribution is -2.09. The summed E-state index contributed by atoms with van der Waals surface area (Å²) < 4.78 is 82.6. The Balaban J connectivity index is 1.83. The second-order valence-electron chi connectivity index (χ2n) is 8.99. The molecule has 0 aliphatic carbocycles. The van der Waals surface area contributed by atoms with Crippen LogP contribution >= 0.6 is 8.81 Å². The van der Waals surface area contributed by atoms with Crippen molar-refractivity contribution >= 4 is 8.81 Å². The van der Waals surface area contributed by atoms with Gasteiger partial charge in [0.2, 0.25) is 5.82 Å². The minimum absolute atomic E-state index is 0.206. The molecule has 1 unspecified atom stereocenters. The van der Waals surface area contributed by atoms with Gasteiger partial charge in [-0.3, -0.25) is 0 Å². The van der Waals surface area contributed by atoms with Gasteiger partial charge < -0.3 is 14.0 Å². The molecule has 0 amide bonds. The number of hydrogen-bond acceptors (Lipinski definition) is 3. The van der Waals surface area contributed by atoms with Crippen LogP contribution in [0.5, 0.6) is 0 Å². The quantitative estimate of drug-likeness (QED) is 0.0429. The van der Waals surface area contributed by atoms with Crippen LogP contribution in [-0.4, -0.2) is 32.6 Å². The van der Waals surface area contributed by atoms with Gasteiger partial charge in [0, 0.05) is 35.2 Å². The highest BCUT2D eigenvalue weighted by molar-refractivity contribution is 7.32. The molecule has 210 valence electrons. The van der Waals surface area contributed by atoms with Crippen LogP contribution in [0, 0.1) is 29.1 Å². The summed E-state index contributed by atoms with van der Waals surface area (Å²) in [4.78, 5) is 0. The van der Waals surface area contributed by atoms with Crippen molar-refractivity contribution in [3.63, 3.8) is 0 Å². The predicted molar refractivity (Wildman–Crippen MR) is 136 cm³/mol. The van der Waals surface area contributed by atoms with Crippen molar-refractivity contribution in [2.75, 3.05) is 32.6 Å². The van der Waals surface area contributed by atoms with Gasteiger partial charge >= 0.3 is 0 Å². The topological polar surface area (TPSA) is 27.7 Å². The van der Waals surface area contributed by atoms with Crippen LogP contribution in [0.15, 0.2) is 0 Å². The lowest BCUT2D eigenvalue weighted by Gasteiger charge is -2.09. The molecule has 0 aliphatic rings. The third-order valence-electron chi connectivity index (χ3n) is 5.94. The van der Waals surface area contributed by atoms with Gasteiger partial charge in [-0.25, -0.2) is 22.0 Å². The standard InChI is InChI=1S/C27H44F5O3P/c1-2-35-36-20-16-12-8-4-3-5-9-13-17-33-18-14-10-6-7-11-15-19-34-21-22-23(28)25(30)27(32)26(31)24(22)29/h36H,2-21H2,1H3. The average Bonchev–Trinajstić information content (AvgIpc) is 2.88. The van der Waals surface area contributed by atoms with Crippen molar-refractivity contribution in [2.45, 2.75) is 103 Å². The molecule has 1 rings (SSSR count). The van der Waals surface area contributed by atoms with Crippen LogP contribution in [0.3, 0.4) is 0 Å². The Hall–Kier alpha value is -0.820. The molecule has 3 nitrogen and oxygen atoms in total. The molecular formula is C27H44F5O3P. The van der Waals surface area contributed by atoms with E-state index in [0.717, 1.165) is 58.3 Å². The maximum absolute atomic E-state index is 13.6. The Kier molecular flexibility index (Phi) is 20.5. The SMILES string of the molecule is CCOPCCCCCCCCCCOCCCCCCCCOCc1c(F)c(F)c(F)c(F)c1F. The highest BCUT2D eigenvalue weighted by Gasteiger charge is 2.25. The molecule has 1 atom stereocenters. The van der Waals surface area contributed by atoms with Gasteiger partial charge in [-0.2, -0.15) is 0 Å². The zero-order chi connectivity index (χ0) is 26.4. The van der Waals surface area contributed by atoms with Crippen LogP contribution in [0.4, 0.5) is 22.0 Å². The summed E-state index contributed by atoms with van der Waals surface area (Å²) in [6.45, 7) is 4.05. The molecule has 0 aliphatic heterocycles. The fourth-order valence-electron chi connectivity index (χ4n) is 3.80. The number of rotatable bonds is 24. The molecule has 1 aromatic carbocycles. The van der Waals surface area contributed by atoms with Gasteiger partial charge in [0.25, 0.3) is 0 Å². The molecule has 0 N–H and O–H groups in total. The molecule has 0 fully saturated rings. The zero-order valence-corrected chi connectivity index (χ0v) is 22.8. The molecule has 0 saturated heterocycles. The lowest BCUT2D eigenvalue weighted by molar-refractivity contribution is 0.109. The summed E-state index contributed by atoms with van der Waals surface area (Å²) in [5, 5.41) is 0. The smallest absolute Gasteiger partial charge is 0.200 e. The lowest BCUT2D eigenvalue weighted by atomic mass is 10.1. The fourth-order valence-corrected chi connectivity index (χ4v) is 4.55. The average molecular weight is 543 g/mol. The molecule has 1 aromatic rings. The molecule has 0 saturated carbocycles. The first-order valence-corrected chi connectivity index (χ1v) is 14.6. The van der Waals surface area contributed by atoms with Crippen molar-refractivity contribution in [2.24, 2.45) is 0 Å². The van der Waals surface area contributed by atoms with Crippen LogP contribution in [-0.2, 0) is 20.6 Å². The van der Waals surface area contributed by atoms with Gasteiger partial charge in [0.15, 0.2) is 23.3 Å². The summed E-state index contributed by atoms with van der Waals surface area (Å²) in [6, 6.07) is 0. The van der Waals surface area contributed by atoms with Crippen LogP contribution in [0.2, 0.25) is 0 Å². The Morgan fingerprint density at radius 3 is 1.36 bits per heavy atom. The Morgan fingerprint density at radius 1 is 0.500 bits per heavy atom. The van der Waals surface area contributed by atoms with E-state index in [9.17, 15) is 22.0 Å². The molecule has 9 heteroatoms. The maximum atomic E-state index is 13.6. The third kappa shape index (κ3) is 14.8. The maximum Gasteiger partial charge on any atom is 0.200 e. The molecule has 0 heterocycles. The number of hydrogen-bond donors (Lipinski definition) is 0. The van der Waals surface area contributed by atoms with E-state index in [2.05, 4.69) is 0 Å². The first-order chi connectivity index (χ1) is 17.5. The summed E-state index contributed by atoms with van der Waals surface area (Å²) in [7, 11) is 0.673. The zero-order valence-electron chi connectivity index (χ0n) is 21.8. The van der Waals surface area contributed by atoms with E-state index in [1.54, 1.807) is 0 Å². The first-order valence-electron chi connectivity index (χ1n) is 13.5. The normalized spacial score (nSPS) is 11.8. The van der Waals surface area contributed by atoms with Crippen molar-refractivity contribution in [1.29, 1.82) is 0 Å². The Morgan fingerprint density at radius 2 is 0.889 bits per heavy atom. The van der Waals surface area contributed by atoms with Crippen molar-refractivity contribution in [1.82, 2.24) is 0 Å². The van der Waals surface area contributed by atoms with E-state index < -0.39 is 41.3 Å². The summed E-state index contributed by atoms with van der Waals surface area (Å²) >= 11 is 0. The number of halogens is 5. The van der Waals surface area contributed by atoms with E-state index >= 15 is 0 Å². The number of benzene rings is 1. The van der Waals surface area contributed by atoms with E-state index in [0.29, 0.717) is 15.2 Å². The largest absolute Gasteiger partial charge is 0.381 e. The van der Waals surface area contributed by atoms with E-state index in [1.807, 2.05) is 6.92 Å². The van der Waals surface area contributed by atoms with Crippen LogP contribution in [0.25, 0.3) is 0 Å². The minimum Gasteiger partial charge on any atom is -0.381 e. The van der Waals surface area contributed by atoms with Gasteiger partial charge in [-0.1, -0.05) is 64.2 Å². The second kappa shape index (κ2) is 22.2. The summed E-state index contributed by atoms with van der Waals surface area (Å²) in [5.41, 5.74) is -0.925. The molecule has 0 spiro atoms. The summed E-state index contributed by atoms with van der Waals surface area (Å²) in [6.07, 6.45) is 17.2. The second-order valence-corrected chi connectivity index (χ2v) is 10.1. The molecule has 36 heavy (non-hydrogen) atoms. The highest BCUT2D eigenvalue weighted by Crippen LogP contribution is 2.23. The van der Waals surface area contributed by atoms with Crippen LogP contribution < -0.4 is 0 Å². The fraction of sp³-hybridized carbons (Fsp3) is 0.778. The van der Waals surface area contributed by atoms with Crippen molar-refractivity contribution < 1.29 is 35.9 Å². The summed E-state index contributed by atoms with van der Waals surface area (Å²) in [5.74, 6) is -9.70. The number of ether oxygens (including phenoxy) is 2. The Labute approximate surface area is 215 Å². The van der Waals surface area contributed by atoms with E-state index in [-0.39, 0.29) is 6.61 Å². The van der Waals surface area contributed by atoms with Gasteiger partial charge in [-0.05, 0) is 38.8 Å². The molecule has 0 bridgehead atoms. The monoisotopic (exact) mass is 542 g/mol. The predicted octanol–water partition coefficient (Wildman–Crippen LogP) is 9.01. The molecule has 0 aromatic heterocycles. The van der Waals surface area contributed by atoms with Gasteiger partial charge in [0.05, 0.1) is 12.2 Å². The molecular weight excluding hydrogens is 498 g/mol. The highest BCUT2D eigenvalue weighted by atomic mass is 31.1. The van der Waals surface area contributed by atoms with Crippen LogP contribution in [0.1, 0.15) is 102 Å². The Bertz CT molecular complexity index is 665. The van der Waals surface area contributed by atoms with E-state index in [4.69, 9.17) is 14.0 Å². The van der Waals surface area contributed by atoms with Gasteiger partial charge in [-0.15, -0.1) is 0 Å². The van der Waals surface area contributed by atoms with Crippen molar-refractivity contribution in [3.05, 3.63) is 34.6 Å².